The summed E-state index contributed by atoms with van der Waals surface area (Å²) < 4.78 is 5.61. The fourth-order valence-corrected chi connectivity index (χ4v) is 3.14. The van der Waals surface area contributed by atoms with Crippen LogP contribution < -0.4 is 0 Å². The Hall–Kier alpha value is -2.35. The lowest BCUT2D eigenvalue weighted by Crippen LogP contribution is -2.65. The van der Waals surface area contributed by atoms with Crippen molar-refractivity contribution in [2.24, 2.45) is 0 Å². The van der Waals surface area contributed by atoms with E-state index < -0.39 is 6.04 Å². The highest BCUT2D eigenvalue weighted by atomic mass is 16.4. The Bertz CT molecular complexity index is 669. The lowest BCUT2D eigenvalue weighted by atomic mass is 10.1. The van der Waals surface area contributed by atoms with Gasteiger partial charge in [-0.15, -0.1) is 0 Å². The lowest BCUT2D eigenvalue weighted by molar-refractivity contribution is -0.158. The quantitative estimate of drug-likeness (QED) is 0.742. The smallest absolute Gasteiger partial charge is 0.289 e. The molecule has 2 aliphatic rings. The van der Waals surface area contributed by atoms with Crippen LogP contribution in [-0.4, -0.2) is 90.7 Å². The third-order valence-corrected chi connectivity index (χ3v) is 4.48. The van der Waals surface area contributed by atoms with Crippen LogP contribution in [0.3, 0.4) is 0 Å². The summed E-state index contributed by atoms with van der Waals surface area (Å²) in [7, 11) is 5.00. The first-order chi connectivity index (χ1) is 11.4. The molecule has 8 nitrogen and oxygen atoms in total. The number of likely N-dealkylation sites (N-methyl/N-ethyl adjacent to an activating group) is 1. The number of furan rings is 1. The molecule has 24 heavy (non-hydrogen) atoms. The van der Waals surface area contributed by atoms with Crippen LogP contribution in [0.15, 0.2) is 16.5 Å². The van der Waals surface area contributed by atoms with Crippen molar-refractivity contribution in [3.05, 3.63) is 23.7 Å². The van der Waals surface area contributed by atoms with Gasteiger partial charge in [0.05, 0.1) is 13.1 Å². The molecule has 3 rings (SSSR count). The van der Waals surface area contributed by atoms with Crippen LogP contribution in [0.25, 0.3) is 0 Å². The topological polar surface area (TPSA) is 77.3 Å². The zero-order chi connectivity index (χ0) is 17.4. The van der Waals surface area contributed by atoms with E-state index in [4.69, 9.17) is 4.42 Å². The van der Waals surface area contributed by atoms with Gasteiger partial charge in [-0.2, -0.15) is 0 Å². The van der Waals surface area contributed by atoms with E-state index in [1.54, 1.807) is 38.2 Å². The summed E-state index contributed by atoms with van der Waals surface area (Å²) in [5.41, 5.74) is 0. The van der Waals surface area contributed by atoms with Gasteiger partial charge in [0, 0.05) is 40.8 Å². The summed E-state index contributed by atoms with van der Waals surface area (Å²) in [5.74, 6) is 0.774. The maximum absolute atomic E-state index is 12.3. The molecule has 0 radical (unpaired) electrons. The minimum Gasteiger partial charge on any atom is -0.455 e. The van der Waals surface area contributed by atoms with Gasteiger partial charge < -0.3 is 19.1 Å². The van der Waals surface area contributed by atoms with Crippen molar-refractivity contribution >= 4 is 17.7 Å². The molecule has 0 aromatic carbocycles. The molecule has 1 atom stereocenters. The molecule has 0 spiro atoms. The minimum absolute atomic E-state index is 0.00128. The van der Waals surface area contributed by atoms with Gasteiger partial charge in [0.2, 0.25) is 11.8 Å². The second-order valence-corrected chi connectivity index (χ2v) is 6.50. The Morgan fingerprint density at radius 2 is 2.04 bits per heavy atom. The summed E-state index contributed by atoms with van der Waals surface area (Å²) in [6.45, 7) is 2.36. The molecule has 2 aliphatic heterocycles. The number of fused-ring (bicyclic) bond motifs is 1. The van der Waals surface area contributed by atoms with E-state index in [1.807, 2.05) is 0 Å². The number of rotatable bonds is 3. The molecule has 1 aromatic rings. The average molecular weight is 334 g/mol. The van der Waals surface area contributed by atoms with Gasteiger partial charge in [-0.05, 0) is 12.1 Å². The highest BCUT2D eigenvalue weighted by molar-refractivity contribution is 5.95. The normalized spacial score (nSPS) is 21.9. The van der Waals surface area contributed by atoms with Gasteiger partial charge in [0.15, 0.2) is 5.76 Å². The van der Waals surface area contributed by atoms with Crippen LogP contribution in [0, 0.1) is 0 Å². The van der Waals surface area contributed by atoms with Gasteiger partial charge in [-0.3, -0.25) is 19.3 Å². The van der Waals surface area contributed by atoms with Crippen LogP contribution in [0.4, 0.5) is 0 Å². The third kappa shape index (κ3) is 3.01. The van der Waals surface area contributed by atoms with E-state index >= 15 is 0 Å². The molecule has 0 unspecified atom stereocenters. The molecule has 2 fully saturated rings. The summed E-state index contributed by atoms with van der Waals surface area (Å²) >= 11 is 0. The largest absolute Gasteiger partial charge is 0.455 e. The van der Waals surface area contributed by atoms with Crippen molar-refractivity contribution in [2.45, 2.75) is 12.6 Å². The second kappa shape index (κ2) is 6.27. The summed E-state index contributed by atoms with van der Waals surface area (Å²) in [4.78, 5) is 42.9. The number of hydrogen-bond acceptors (Lipinski definition) is 5. The maximum Gasteiger partial charge on any atom is 0.289 e. The van der Waals surface area contributed by atoms with Crippen molar-refractivity contribution < 1.29 is 18.8 Å². The van der Waals surface area contributed by atoms with Gasteiger partial charge in [0.25, 0.3) is 5.91 Å². The molecule has 0 N–H and O–H groups in total. The Balaban J connectivity index is 1.66. The molecule has 130 valence electrons. The van der Waals surface area contributed by atoms with Gasteiger partial charge in [0.1, 0.15) is 11.8 Å². The number of carbonyl (C=O) groups is 3. The SMILES string of the molecule is CN(C)C(=O)c1ccc(CN2CCN3C(=O)CN(C)C(=O)[C@@H]3C2)o1. The maximum atomic E-state index is 12.3. The Morgan fingerprint density at radius 3 is 2.75 bits per heavy atom. The Labute approximate surface area is 140 Å². The van der Waals surface area contributed by atoms with Gasteiger partial charge >= 0.3 is 0 Å². The Kier molecular flexibility index (Phi) is 4.31. The average Bonchev–Trinajstić information content (AvgIpc) is 3.00. The summed E-state index contributed by atoms with van der Waals surface area (Å²) in [6, 6.07) is 3.02. The van der Waals surface area contributed by atoms with Crippen LogP contribution in [-0.2, 0) is 16.1 Å². The molecule has 8 heteroatoms. The van der Waals surface area contributed by atoms with E-state index in [1.165, 1.54) is 9.80 Å². The monoisotopic (exact) mass is 334 g/mol. The van der Waals surface area contributed by atoms with Crippen molar-refractivity contribution in [1.29, 1.82) is 0 Å². The van der Waals surface area contributed by atoms with Crippen molar-refractivity contribution in [1.82, 2.24) is 19.6 Å². The van der Waals surface area contributed by atoms with Gasteiger partial charge in [-0.25, -0.2) is 0 Å². The number of amides is 3. The molecule has 2 saturated heterocycles. The molecule has 3 heterocycles. The van der Waals surface area contributed by atoms with E-state index in [0.29, 0.717) is 37.7 Å². The minimum atomic E-state index is -0.428. The summed E-state index contributed by atoms with van der Waals surface area (Å²) in [6.07, 6.45) is 0. The first-order valence-corrected chi connectivity index (χ1v) is 7.94. The van der Waals surface area contributed by atoms with E-state index in [9.17, 15) is 14.4 Å². The lowest BCUT2D eigenvalue weighted by Gasteiger charge is -2.45. The first kappa shape index (κ1) is 16.5. The molecular weight excluding hydrogens is 312 g/mol. The molecule has 3 amide bonds. The highest BCUT2D eigenvalue weighted by Gasteiger charge is 2.41. The van der Waals surface area contributed by atoms with Crippen molar-refractivity contribution in [2.75, 3.05) is 47.3 Å². The summed E-state index contributed by atoms with van der Waals surface area (Å²) in [5, 5.41) is 0. The zero-order valence-corrected chi connectivity index (χ0v) is 14.2. The van der Waals surface area contributed by atoms with E-state index in [2.05, 4.69) is 4.90 Å². The number of hydrogen-bond donors (Lipinski definition) is 0. The van der Waals surface area contributed by atoms with E-state index in [0.717, 1.165) is 0 Å². The van der Waals surface area contributed by atoms with Gasteiger partial charge in [-0.1, -0.05) is 0 Å². The van der Waals surface area contributed by atoms with Crippen LogP contribution in [0.1, 0.15) is 16.3 Å². The van der Waals surface area contributed by atoms with Crippen LogP contribution in [0.5, 0.6) is 0 Å². The Morgan fingerprint density at radius 1 is 1.29 bits per heavy atom. The zero-order valence-electron chi connectivity index (χ0n) is 14.2. The van der Waals surface area contributed by atoms with Crippen molar-refractivity contribution in [3.63, 3.8) is 0 Å². The second-order valence-electron chi connectivity index (χ2n) is 6.50. The number of piperazine rings is 2. The third-order valence-electron chi connectivity index (χ3n) is 4.48. The van der Waals surface area contributed by atoms with Crippen LogP contribution >= 0.6 is 0 Å². The molecule has 0 bridgehead atoms. The number of carbonyl (C=O) groups excluding carboxylic acids is 3. The predicted molar refractivity (Wildman–Crippen MR) is 85.1 cm³/mol. The highest BCUT2D eigenvalue weighted by Crippen LogP contribution is 2.19. The van der Waals surface area contributed by atoms with E-state index in [-0.39, 0.29) is 24.3 Å². The molecule has 0 saturated carbocycles. The standard InChI is InChI=1S/C16H22N4O4/c1-17(2)16(23)13-5-4-11(24-13)8-19-6-7-20-12(9-19)15(22)18(3)10-14(20)21/h4-5,12H,6-10H2,1-3H3/t12-/m0/s1. The first-order valence-electron chi connectivity index (χ1n) is 7.94. The molecule has 1 aromatic heterocycles. The fraction of sp³-hybridized carbons (Fsp3) is 0.562. The number of nitrogens with zero attached hydrogens (tertiary/aromatic N) is 4. The van der Waals surface area contributed by atoms with Crippen molar-refractivity contribution in [3.8, 4) is 0 Å². The molecular formula is C16H22N4O4. The molecule has 0 aliphatic carbocycles. The fourth-order valence-electron chi connectivity index (χ4n) is 3.14. The predicted octanol–water partition coefficient (Wildman–Crippen LogP) is -0.534. The van der Waals surface area contributed by atoms with Crippen LogP contribution in [0.2, 0.25) is 0 Å².